The van der Waals surface area contributed by atoms with Crippen molar-refractivity contribution in [1.82, 2.24) is 14.1 Å². The summed E-state index contributed by atoms with van der Waals surface area (Å²) >= 11 is 0. The summed E-state index contributed by atoms with van der Waals surface area (Å²) in [4.78, 5) is 4.76. The molecule has 9 rings (SSSR count). The second-order valence-electron chi connectivity index (χ2n) is 10.9. The number of imidazole rings is 1. The predicted molar refractivity (Wildman–Crippen MR) is 172 cm³/mol. The molecule has 0 unspecified atom stereocenters. The van der Waals surface area contributed by atoms with E-state index in [4.69, 9.17) is 9.40 Å². The van der Waals surface area contributed by atoms with Crippen molar-refractivity contribution in [3.63, 3.8) is 0 Å². The Hall–Kier alpha value is -5.25. The smallest absolute Gasteiger partial charge is 0.268 e. The molecule has 0 fully saturated rings. The molecule has 0 bridgehead atoms. The van der Waals surface area contributed by atoms with Gasteiger partial charge in [0, 0.05) is 32.0 Å². The van der Waals surface area contributed by atoms with Crippen LogP contribution in [0.5, 0.6) is 0 Å². The minimum absolute atomic E-state index is 0. The van der Waals surface area contributed by atoms with Crippen LogP contribution in [0.3, 0.4) is 0 Å². The van der Waals surface area contributed by atoms with Crippen LogP contribution in [-0.4, -0.2) is 14.1 Å². The zero-order valence-corrected chi connectivity index (χ0v) is 26.2. The van der Waals surface area contributed by atoms with Gasteiger partial charge >= 0.3 is 0 Å². The Morgan fingerprint density at radius 3 is 2.42 bits per heavy atom. The van der Waals surface area contributed by atoms with Gasteiger partial charge in [-0.2, -0.15) is 53.6 Å². The SMILES string of the molecule is [Pt].[c-]1c(Cc2[c-]c3c(cc2)c2ccccc2n3-c2cc3ccoc3cn2)cccc1-n1[c-][n+](-c2ccccc2)c2ccccc21. The van der Waals surface area contributed by atoms with Gasteiger partial charge in [0.25, 0.3) is 6.33 Å². The molecule has 0 saturated heterocycles. The van der Waals surface area contributed by atoms with Gasteiger partial charge in [-0.1, -0.05) is 66.2 Å². The number of nitrogens with zero attached hydrogens (tertiary/aromatic N) is 4. The normalized spacial score (nSPS) is 11.5. The van der Waals surface area contributed by atoms with Gasteiger partial charge in [0.1, 0.15) is 5.82 Å². The fourth-order valence-corrected chi connectivity index (χ4v) is 6.20. The first-order valence-electron chi connectivity index (χ1n) is 14.6. The molecule has 0 N–H and O–H groups in total. The number of hydrogen-bond acceptors (Lipinski definition) is 2. The third-order valence-electron chi connectivity index (χ3n) is 8.24. The van der Waals surface area contributed by atoms with Crippen LogP contribution in [0.1, 0.15) is 11.1 Å². The molecule has 5 nitrogen and oxygen atoms in total. The molecule has 0 aliphatic carbocycles. The van der Waals surface area contributed by atoms with Gasteiger partial charge in [-0.3, -0.25) is 4.57 Å². The second kappa shape index (κ2) is 11.0. The van der Waals surface area contributed by atoms with Gasteiger partial charge in [0.15, 0.2) is 5.58 Å². The summed E-state index contributed by atoms with van der Waals surface area (Å²) in [5.74, 6) is 0.841. The summed E-state index contributed by atoms with van der Waals surface area (Å²) in [5.41, 5.74) is 9.22. The van der Waals surface area contributed by atoms with Crippen LogP contribution in [0.15, 0.2) is 138 Å². The van der Waals surface area contributed by atoms with Crippen molar-refractivity contribution in [2.45, 2.75) is 6.42 Å². The van der Waals surface area contributed by atoms with Gasteiger partial charge in [-0.15, -0.1) is 5.39 Å². The van der Waals surface area contributed by atoms with Crippen LogP contribution in [-0.2, 0) is 27.5 Å². The zero-order chi connectivity index (χ0) is 29.0. The number of hydrogen-bond donors (Lipinski definition) is 0. The molecule has 0 aliphatic heterocycles. The van der Waals surface area contributed by atoms with E-state index >= 15 is 0 Å². The minimum Gasteiger partial charge on any atom is -0.463 e. The number of furan rings is 1. The summed E-state index contributed by atoms with van der Waals surface area (Å²) in [6.45, 7) is 0. The number of aromatic nitrogens is 4. The summed E-state index contributed by atoms with van der Waals surface area (Å²) in [7, 11) is 0. The summed E-state index contributed by atoms with van der Waals surface area (Å²) in [6.07, 6.45) is 7.75. The third kappa shape index (κ3) is 4.59. The average Bonchev–Trinajstić information content (AvgIpc) is 3.79. The first-order chi connectivity index (χ1) is 21.8. The Kier molecular flexibility index (Phi) is 6.69. The topological polar surface area (TPSA) is 39.8 Å². The average molecular weight is 760 g/mol. The molecular formula is C39H24N4OPt-2. The van der Waals surface area contributed by atoms with E-state index in [-0.39, 0.29) is 21.1 Å². The Morgan fingerprint density at radius 2 is 1.51 bits per heavy atom. The van der Waals surface area contributed by atoms with Crippen LogP contribution < -0.4 is 4.57 Å². The number of pyridine rings is 1. The van der Waals surface area contributed by atoms with Crippen LogP contribution in [0, 0.1) is 18.5 Å². The molecule has 6 heteroatoms. The number of rotatable bonds is 5. The molecule has 0 atom stereocenters. The predicted octanol–water partition coefficient (Wildman–Crippen LogP) is 8.13. The van der Waals surface area contributed by atoms with Crippen molar-refractivity contribution in [3.8, 4) is 17.2 Å². The van der Waals surface area contributed by atoms with E-state index in [1.165, 1.54) is 5.39 Å². The number of fused-ring (bicyclic) bond motifs is 5. The van der Waals surface area contributed by atoms with E-state index in [0.717, 1.165) is 66.7 Å². The molecule has 45 heavy (non-hydrogen) atoms. The van der Waals surface area contributed by atoms with Crippen molar-refractivity contribution >= 4 is 43.8 Å². The number of benzene rings is 5. The molecular weight excluding hydrogens is 736 g/mol. The summed E-state index contributed by atoms with van der Waals surface area (Å²) in [6, 6.07) is 49.3. The van der Waals surface area contributed by atoms with E-state index in [1.54, 1.807) is 12.5 Å². The van der Waals surface area contributed by atoms with Gasteiger partial charge in [0.2, 0.25) is 0 Å². The first-order valence-corrected chi connectivity index (χ1v) is 14.6. The Morgan fingerprint density at radius 1 is 0.711 bits per heavy atom. The molecule has 218 valence electrons. The van der Waals surface area contributed by atoms with Gasteiger partial charge in [-0.25, -0.2) is 4.98 Å². The van der Waals surface area contributed by atoms with E-state index < -0.39 is 0 Å². The molecule has 0 aliphatic rings. The van der Waals surface area contributed by atoms with Gasteiger partial charge in [0.05, 0.1) is 29.2 Å². The summed E-state index contributed by atoms with van der Waals surface area (Å²) in [5, 5.41) is 3.34. The maximum Gasteiger partial charge on any atom is 0.268 e. The van der Waals surface area contributed by atoms with Gasteiger partial charge < -0.3 is 13.6 Å². The molecule has 4 heterocycles. The summed E-state index contributed by atoms with van der Waals surface area (Å²) < 4.78 is 11.9. The molecule has 4 aromatic heterocycles. The van der Waals surface area contributed by atoms with Crippen LogP contribution >= 0.6 is 0 Å². The molecule has 0 spiro atoms. The Balaban J connectivity index is 0.00000300. The van der Waals surface area contributed by atoms with E-state index in [1.807, 2.05) is 24.3 Å². The molecule has 0 amide bonds. The third-order valence-corrected chi connectivity index (χ3v) is 8.24. The van der Waals surface area contributed by atoms with Crippen molar-refractivity contribution in [1.29, 1.82) is 0 Å². The molecule has 0 saturated carbocycles. The van der Waals surface area contributed by atoms with Crippen molar-refractivity contribution in [2.24, 2.45) is 0 Å². The van der Waals surface area contributed by atoms with E-state index in [9.17, 15) is 0 Å². The minimum atomic E-state index is 0. The first kappa shape index (κ1) is 27.3. The van der Waals surface area contributed by atoms with Crippen LogP contribution in [0.4, 0.5) is 0 Å². The second-order valence-corrected chi connectivity index (χ2v) is 10.9. The maximum absolute atomic E-state index is 5.55. The monoisotopic (exact) mass is 759 g/mol. The van der Waals surface area contributed by atoms with Crippen molar-refractivity contribution in [2.75, 3.05) is 0 Å². The van der Waals surface area contributed by atoms with Crippen molar-refractivity contribution < 1.29 is 30.0 Å². The van der Waals surface area contributed by atoms with Crippen molar-refractivity contribution in [3.05, 3.63) is 163 Å². The van der Waals surface area contributed by atoms with Crippen LogP contribution in [0.25, 0.3) is 61.0 Å². The molecule has 0 radical (unpaired) electrons. The Bertz CT molecular complexity index is 2490. The zero-order valence-electron chi connectivity index (χ0n) is 23.9. The molecule has 9 aromatic rings. The standard InChI is InChI=1S/C39H24N4O.Pt/c1-2-10-30(11-3-1)41-26-42(36-16-7-6-15-35(36)41)31-12-8-9-27(22-31)21-28-17-18-33-32-13-4-5-14-34(32)43(37(33)23-28)39-24-29-19-20-44-38(29)25-40-39;/h1-20,24-25H,21H2;/q-2;. The van der Waals surface area contributed by atoms with E-state index in [0.29, 0.717) is 6.42 Å². The fourth-order valence-electron chi connectivity index (χ4n) is 6.20. The van der Waals surface area contributed by atoms with Gasteiger partial charge in [-0.05, 0) is 47.8 Å². The largest absolute Gasteiger partial charge is 0.463 e. The number of para-hydroxylation sites is 4. The van der Waals surface area contributed by atoms with E-state index in [2.05, 4.69) is 129 Å². The Labute approximate surface area is 273 Å². The maximum atomic E-state index is 5.55. The fraction of sp³-hybridized carbons (Fsp3) is 0.0256. The molecule has 5 aromatic carbocycles. The quantitative estimate of drug-likeness (QED) is 0.131. The van der Waals surface area contributed by atoms with Crippen LogP contribution in [0.2, 0.25) is 0 Å².